The average Bonchev–Trinajstić information content (AvgIpc) is 2.75. The number of alkyl halides is 3. The minimum atomic E-state index is -4.35. The van der Waals surface area contributed by atoms with Crippen LogP contribution in [0.3, 0.4) is 0 Å². The largest absolute Gasteiger partial charge is 0.416 e. The first-order valence-corrected chi connectivity index (χ1v) is 11.6. The third-order valence-electron chi connectivity index (χ3n) is 5.28. The molecular formula is C22H28F3N3OS. The fourth-order valence-corrected chi connectivity index (χ4v) is 4.64. The number of halogens is 3. The van der Waals surface area contributed by atoms with Gasteiger partial charge in [0.15, 0.2) is 0 Å². The average molecular weight is 440 g/mol. The standard InChI is InChI=1S/C22H28F3N3OS/c23-22(24,25)17-8-9-18-19(16-17)26-12-10-20(18)30-15-7-2-1-4-11-27-21(29)28-13-5-3-6-14-28/h8-10,12,16H,1-7,11,13-15H2,(H,27,29). The van der Waals surface area contributed by atoms with E-state index in [-0.39, 0.29) is 6.03 Å². The summed E-state index contributed by atoms with van der Waals surface area (Å²) in [4.78, 5) is 19.0. The topological polar surface area (TPSA) is 45.2 Å². The molecule has 3 rings (SSSR count). The van der Waals surface area contributed by atoms with E-state index in [1.54, 1.807) is 18.0 Å². The molecule has 1 N–H and O–H groups in total. The Morgan fingerprint density at radius 1 is 1.07 bits per heavy atom. The molecule has 1 aromatic heterocycles. The lowest BCUT2D eigenvalue weighted by atomic mass is 10.1. The lowest BCUT2D eigenvalue weighted by molar-refractivity contribution is -0.137. The normalized spacial score (nSPS) is 14.8. The molecule has 0 saturated carbocycles. The molecule has 1 aromatic carbocycles. The quantitative estimate of drug-likeness (QED) is 0.399. The SMILES string of the molecule is O=C(NCCCCCCSc1ccnc2cc(C(F)(F)F)ccc12)N1CCCCC1. The number of unbranched alkanes of at least 4 members (excludes halogenated alkanes) is 3. The summed E-state index contributed by atoms with van der Waals surface area (Å²) in [6.45, 7) is 2.44. The summed E-state index contributed by atoms with van der Waals surface area (Å²) in [5, 5.41) is 3.76. The van der Waals surface area contributed by atoms with Crippen LogP contribution in [0.5, 0.6) is 0 Å². The van der Waals surface area contributed by atoms with Gasteiger partial charge in [0.1, 0.15) is 0 Å². The minimum Gasteiger partial charge on any atom is -0.338 e. The van der Waals surface area contributed by atoms with Gasteiger partial charge in [-0.15, -0.1) is 11.8 Å². The second kappa shape index (κ2) is 10.9. The number of nitrogens with one attached hydrogen (secondary N) is 1. The van der Waals surface area contributed by atoms with Crippen LogP contribution >= 0.6 is 11.8 Å². The van der Waals surface area contributed by atoms with Gasteiger partial charge < -0.3 is 10.2 Å². The molecule has 30 heavy (non-hydrogen) atoms. The zero-order valence-corrected chi connectivity index (χ0v) is 17.8. The van der Waals surface area contributed by atoms with Crippen molar-refractivity contribution < 1.29 is 18.0 Å². The Balaban J connectivity index is 1.34. The summed E-state index contributed by atoms with van der Waals surface area (Å²) >= 11 is 1.65. The van der Waals surface area contributed by atoms with Gasteiger partial charge in [0.05, 0.1) is 11.1 Å². The van der Waals surface area contributed by atoms with Crippen LogP contribution in [0.25, 0.3) is 10.9 Å². The number of thioether (sulfide) groups is 1. The van der Waals surface area contributed by atoms with E-state index in [1.165, 1.54) is 12.5 Å². The van der Waals surface area contributed by atoms with Crippen molar-refractivity contribution in [1.29, 1.82) is 0 Å². The number of piperidine rings is 1. The summed E-state index contributed by atoms with van der Waals surface area (Å²) in [6, 6.07) is 5.65. The Morgan fingerprint density at radius 3 is 2.60 bits per heavy atom. The molecule has 4 nitrogen and oxygen atoms in total. The second-order valence-electron chi connectivity index (χ2n) is 7.58. The molecule has 2 heterocycles. The van der Waals surface area contributed by atoms with Crippen LogP contribution < -0.4 is 5.32 Å². The van der Waals surface area contributed by atoms with E-state index < -0.39 is 11.7 Å². The molecule has 0 bridgehead atoms. The fraction of sp³-hybridized carbons (Fsp3) is 0.545. The Bertz CT molecular complexity index is 838. The van der Waals surface area contributed by atoms with E-state index in [9.17, 15) is 18.0 Å². The summed E-state index contributed by atoms with van der Waals surface area (Å²) in [6.07, 6.45) is 4.72. The molecule has 2 aromatic rings. The van der Waals surface area contributed by atoms with Crippen molar-refractivity contribution in [3.8, 4) is 0 Å². The summed E-state index contributed by atoms with van der Waals surface area (Å²) in [5.74, 6) is 0.903. The number of rotatable bonds is 8. The van der Waals surface area contributed by atoms with Gasteiger partial charge in [-0.1, -0.05) is 18.9 Å². The van der Waals surface area contributed by atoms with Crippen LogP contribution in [0.2, 0.25) is 0 Å². The number of carbonyl (C=O) groups is 1. The van der Waals surface area contributed by atoms with Crippen LogP contribution in [0.15, 0.2) is 35.4 Å². The van der Waals surface area contributed by atoms with E-state index in [2.05, 4.69) is 10.3 Å². The van der Waals surface area contributed by atoms with Gasteiger partial charge in [0, 0.05) is 36.1 Å². The molecule has 0 atom stereocenters. The lowest BCUT2D eigenvalue weighted by Gasteiger charge is -2.26. The van der Waals surface area contributed by atoms with Crippen molar-refractivity contribution in [2.24, 2.45) is 0 Å². The molecule has 2 amide bonds. The highest BCUT2D eigenvalue weighted by Gasteiger charge is 2.30. The van der Waals surface area contributed by atoms with E-state index in [1.807, 2.05) is 11.0 Å². The number of carbonyl (C=O) groups excluding carboxylic acids is 1. The van der Waals surface area contributed by atoms with Crippen LogP contribution in [0.1, 0.15) is 50.5 Å². The van der Waals surface area contributed by atoms with Gasteiger partial charge in [-0.2, -0.15) is 13.2 Å². The van der Waals surface area contributed by atoms with Crippen LogP contribution in [0, 0.1) is 0 Å². The van der Waals surface area contributed by atoms with Crippen molar-refractivity contribution in [2.75, 3.05) is 25.4 Å². The Hall–Kier alpha value is -1.96. The van der Waals surface area contributed by atoms with Crippen molar-refractivity contribution in [3.05, 3.63) is 36.0 Å². The van der Waals surface area contributed by atoms with E-state index >= 15 is 0 Å². The lowest BCUT2D eigenvalue weighted by Crippen LogP contribution is -2.43. The highest BCUT2D eigenvalue weighted by molar-refractivity contribution is 7.99. The number of nitrogens with zero attached hydrogens (tertiary/aromatic N) is 2. The summed E-state index contributed by atoms with van der Waals surface area (Å²) in [7, 11) is 0. The Morgan fingerprint density at radius 2 is 1.83 bits per heavy atom. The van der Waals surface area contributed by atoms with Crippen molar-refractivity contribution >= 4 is 28.7 Å². The molecule has 0 radical (unpaired) electrons. The number of aromatic nitrogens is 1. The number of hydrogen-bond donors (Lipinski definition) is 1. The molecule has 164 valence electrons. The molecule has 1 aliphatic heterocycles. The summed E-state index contributed by atoms with van der Waals surface area (Å²) < 4.78 is 38.6. The molecular weight excluding hydrogens is 411 g/mol. The number of hydrogen-bond acceptors (Lipinski definition) is 3. The Kier molecular flexibility index (Phi) is 8.24. The van der Waals surface area contributed by atoms with Crippen molar-refractivity contribution in [3.63, 3.8) is 0 Å². The van der Waals surface area contributed by atoms with E-state index in [0.717, 1.165) is 79.8 Å². The smallest absolute Gasteiger partial charge is 0.338 e. The fourth-order valence-electron chi connectivity index (χ4n) is 3.59. The molecule has 1 fully saturated rings. The number of benzene rings is 1. The monoisotopic (exact) mass is 439 g/mol. The number of pyridine rings is 1. The maximum Gasteiger partial charge on any atom is 0.416 e. The molecule has 0 aliphatic carbocycles. The van der Waals surface area contributed by atoms with E-state index in [0.29, 0.717) is 12.1 Å². The molecule has 0 spiro atoms. The van der Waals surface area contributed by atoms with E-state index in [4.69, 9.17) is 0 Å². The molecule has 0 unspecified atom stereocenters. The number of likely N-dealkylation sites (tertiary alicyclic amines) is 1. The maximum absolute atomic E-state index is 12.9. The van der Waals surface area contributed by atoms with Crippen molar-refractivity contribution in [1.82, 2.24) is 15.2 Å². The highest BCUT2D eigenvalue weighted by Crippen LogP contribution is 2.33. The predicted octanol–water partition coefficient (Wildman–Crippen LogP) is 6.10. The summed E-state index contributed by atoms with van der Waals surface area (Å²) in [5.41, 5.74) is -0.295. The van der Waals surface area contributed by atoms with Gasteiger partial charge in [-0.05, 0) is 56.1 Å². The Labute approximate surface area is 179 Å². The zero-order valence-electron chi connectivity index (χ0n) is 17.0. The maximum atomic E-state index is 12.9. The van der Waals surface area contributed by atoms with Gasteiger partial charge in [0.2, 0.25) is 0 Å². The zero-order chi connectivity index (χ0) is 21.4. The van der Waals surface area contributed by atoms with Gasteiger partial charge in [-0.25, -0.2) is 4.79 Å². The third kappa shape index (κ3) is 6.52. The van der Waals surface area contributed by atoms with Crippen LogP contribution in [-0.2, 0) is 6.18 Å². The first-order chi connectivity index (χ1) is 14.4. The molecule has 8 heteroatoms. The third-order valence-corrected chi connectivity index (χ3v) is 6.44. The predicted molar refractivity (Wildman–Crippen MR) is 115 cm³/mol. The van der Waals surface area contributed by atoms with Crippen molar-refractivity contribution in [2.45, 2.75) is 56.0 Å². The van der Waals surface area contributed by atoms with Gasteiger partial charge in [-0.3, -0.25) is 4.98 Å². The second-order valence-corrected chi connectivity index (χ2v) is 8.72. The molecule has 1 saturated heterocycles. The minimum absolute atomic E-state index is 0.0588. The first kappa shape index (κ1) is 22.7. The van der Waals surface area contributed by atoms with Crippen LogP contribution in [0.4, 0.5) is 18.0 Å². The molecule has 1 aliphatic rings. The number of amides is 2. The van der Waals surface area contributed by atoms with Gasteiger partial charge >= 0.3 is 12.2 Å². The number of urea groups is 1. The number of fused-ring (bicyclic) bond motifs is 1. The first-order valence-electron chi connectivity index (χ1n) is 10.6. The van der Waals surface area contributed by atoms with Crippen LogP contribution in [-0.4, -0.2) is 41.3 Å². The van der Waals surface area contributed by atoms with Gasteiger partial charge in [0.25, 0.3) is 0 Å². The highest BCUT2D eigenvalue weighted by atomic mass is 32.2.